The van der Waals surface area contributed by atoms with E-state index in [1.54, 1.807) is 6.20 Å². The monoisotopic (exact) mass is 273 g/mol. The number of anilines is 1. The molecule has 2 aromatic rings. The van der Waals surface area contributed by atoms with Gasteiger partial charge in [-0.1, -0.05) is 12.1 Å². The van der Waals surface area contributed by atoms with Crippen LogP contribution in [0.3, 0.4) is 0 Å². The maximum atomic E-state index is 11.7. The standard InChI is InChI=1S/C15H19N3O2/c1-12(2)20-11-15(19)17-14-6-3-5-13(9-14)10-18-8-4-7-16-18/h3-9,12H,10-11H2,1-2H3,(H,17,19). The Balaban J connectivity index is 1.94. The minimum atomic E-state index is -0.144. The molecule has 1 heterocycles. The molecule has 0 atom stereocenters. The minimum absolute atomic E-state index is 0.0481. The molecule has 1 amide bonds. The molecule has 1 N–H and O–H groups in total. The lowest BCUT2D eigenvalue weighted by molar-refractivity contribution is -0.121. The van der Waals surface area contributed by atoms with E-state index in [0.717, 1.165) is 11.3 Å². The van der Waals surface area contributed by atoms with Gasteiger partial charge in [0.05, 0.1) is 12.6 Å². The van der Waals surface area contributed by atoms with Crippen molar-refractivity contribution in [3.63, 3.8) is 0 Å². The lowest BCUT2D eigenvalue weighted by Crippen LogP contribution is -2.20. The predicted molar refractivity (Wildman–Crippen MR) is 77.5 cm³/mol. The van der Waals surface area contributed by atoms with Crippen LogP contribution in [0.15, 0.2) is 42.7 Å². The van der Waals surface area contributed by atoms with E-state index in [2.05, 4.69) is 10.4 Å². The Morgan fingerprint density at radius 3 is 2.95 bits per heavy atom. The summed E-state index contributed by atoms with van der Waals surface area (Å²) in [5, 5.41) is 6.98. The third kappa shape index (κ3) is 4.51. The van der Waals surface area contributed by atoms with Crippen molar-refractivity contribution in [1.29, 1.82) is 0 Å². The smallest absolute Gasteiger partial charge is 0.250 e. The summed E-state index contributed by atoms with van der Waals surface area (Å²) in [6, 6.07) is 9.60. The number of ether oxygens (including phenoxy) is 1. The molecule has 1 aromatic heterocycles. The number of carbonyl (C=O) groups excluding carboxylic acids is 1. The average Bonchev–Trinajstić information content (AvgIpc) is 2.89. The predicted octanol–water partition coefficient (Wildman–Crippen LogP) is 2.29. The number of carbonyl (C=O) groups is 1. The van der Waals surface area contributed by atoms with Crippen LogP contribution in [0.2, 0.25) is 0 Å². The van der Waals surface area contributed by atoms with Crippen LogP contribution >= 0.6 is 0 Å². The molecule has 0 fully saturated rings. The molecular weight excluding hydrogens is 254 g/mol. The first-order valence-electron chi connectivity index (χ1n) is 6.61. The molecule has 0 aliphatic heterocycles. The maximum absolute atomic E-state index is 11.7. The van der Waals surface area contributed by atoms with Crippen molar-refractivity contribution in [2.75, 3.05) is 11.9 Å². The Bertz CT molecular complexity index is 550. The van der Waals surface area contributed by atoms with Gasteiger partial charge in [-0.05, 0) is 37.6 Å². The van der Waals surface area contributed by atoms with Crippen molar-refractivity contribution in [2.45, 2.75) is 26.5 Å². The molecule has 5 heteroatoms. The number of aromatic nitrogens is 2. The first-order chi connectivity index (χ1) is 9.63. The van der Waals surface area contributed by atoms with E-state index in [4.69, 9.17) is 4.74 Å². The lowest BCUT2D eigenvalue weighted by Gasteiger charge is -2.09. The molecular formula is C15H19N3O2. The van der Waals surface area contributed by atoms with Gasteiger partial charge in [-0.15, -0.1) is 0 Å². The quantitative estimate of drug-likeness (QED) is 0.878. The first-order valence-corrected chi connectivity index (χ1v) is 6.61. The van der Waals surface area contributed by atoms with E-state index in [0.29, 0.717) is 6.54 Å². The number of hydrogen-bond acceptors (Lipinski definition) is 3. The molecule has 0 saturated carbocycles. The van der Waals surface area contributed by atoms with E-state index < -0.39 is 0 Å². The summed E-state index contributed by atoms with van der Waals surface area (Å²) in [4.78, 5) is 11.7. The van der Waals surface area contributed by atoms with Crippen molar-refractivity contribution >= 4 is 11.6 Å². The van der Waals surface area contributed by atoms with Gasteiger partial charge in [0.15, 0.2) is 0 Å². The molecule has 0 bridgehead atoms. The van der Waals surface area contributed by atoms with Gasteiger partial charge in [0.2, 0.25) is 5.91 Å². The van der Waals surface area contributed by atoms with Gasteiger partial charge in [0.25, 0.3) is 0 Å². The fraction of sp³-hybridized carbons (Fsp3) is 0.333. The minimum Gasteiger partial charge on any atom is -0.369 e. The molecule has 0 radical (unpaired) electrons. The molecule has 0 unspecified atom stereocenters. The number of rotatable bonds is 6. The highest BCUT2D eigenvalue weighted by atomic mass is 16.5. The number of benzene rings is 1. The average molecular weight is 273 g/mol. The van der Waals surface area contributed by atoms with Crippen LogP contribution < -0.4 is 5.32 Å². The van der Waals surface area contributed by atoms with Gasteiger partial charge < -0.3 is 10.1 Å². The van der Waals surface area contributed by atoms with Gasteiger partial charge in [-0.25, -0.2) is 0 Å². The van der Waals surface area contributed by atoms with Gasteiger partial charge in [-0.2, -0.15) is 5.10 Å². The summed E-state index contributed by atoms with van der Waals surface area (Å²) in [7, 11) is 0. The summed E-state index contributed by atoms with van der Waals surface area (Å²) in [5.41, 5.74) is 1.85. The summed E-state index contributed by atoms with van der Waals surface area (Å²) in [6.45, 7) is 4.55. The Morgan fingerprint density at radius 1 is 1.40 bits per heavy atom. The van der Waals surface area contributed by atoms with Crippen molar-refractivity contribution in [1.82, 2.24) is 9.78 Å². The molecule has 106 valence electrons. The second kappa shape index (κ2) is 6.86. The van der Waals surface area contributed by atoms with E-state index >= 15 is 0 Å². The number of nitrogens with zero attached hydrogens (tertiary/aromatic N) is 2. The van der Waals surface area contributed by atoms with Crippen LogP contribution in [-0.4, -0.2) is 28.4 Å². The van der Waals surface area contributed by atoms with Crippen LogP contribution in [0, 0.1) is 0 Å². The lowest BCUT2D eigenvalue weighted by atomic mass is 10.2. The van der Waals surface area contributed by atoms with Crippen LogP contribution in [0.4, 0.5) is 5.69 Å². The van der Waals surface area contributed by atoms with Gasteiger partial charge >= 0.3 is 0 Å². The van der Waals surface area contributed by atoms with E-state index in [9.17, 15) is 4.79 Å². The maximum Gasteiger partial charge on any atom is 0.250 e. The highest BCUT2D eigenvalue weighted by Gasteiger charge is 2.05. The molecule has 0 aliphatic rings. The molecule has 5 nitrogen and oxygen atoms in total. The summed E-state index contributed by atoms with van der Waals surface area (Å²) in [6.07, 6.45) is 3.70. The fourth-order valence-electron chi connectivity index (χ4n) is 1.77. The van der Waals surface area contributed by atoms with Gasteiger partial charge in [-0.3, -0.25) is 9.48 Å². The molecule has 1 aromatic carbocycles. The zero-order valence-corrected chi connectivity index (χ0v) is 11.7. The van der Waals surface area contributed by atoms with Crippen molar-refractivity contribution in [3.05, 3.63) is 48.3 Å². The van der Waals surface area contributed by atoms with Crippen LogP contribution in [0.1, 0.15) is 19.4 Å². The SMILES string of the molecule is CC(C)OCC(=O)Nc1cccc(Cn2cccn2)c1. The summed E-state index contributed by atoms with van der Waals surface area (Å²) >= 11 is 0. The van der Waals surface area contributed by atoms with Crippen LogP contribution in [0.5, 0.6) is 0 Å². The molecule has 0 saturated heterocycles. The van der Waals surface area contributed by atoms with Crippen LogP contribution in [-0.2, 0) is 16.1 Å². The van der Waals surface area contributed by atoms with Gasteiger partial charge in [0.1, 0.15) is 6.61 Å². The Hall–Kier alpha value is -2.14. The fourth-order valence-corrected chi connectivity index (χ4v) is 1.77. The highest BCUT2D eigenvalue weighted by Crippen LogP contribution is 2.11. The van der Waals surface area contributed by atoms with Gasteiger partial charge in [0, 0.05) is 18.1 Å². The van der Waals surface area contributed by atoms with Crippen LogP contribution in [0.25, 0.3) is 0 Å². The summed E-state index contributed by atoms with van der Waals surface area (Å²) < 4.78 is 7.10. The Labute approximate surface area is 118 Å². The normalized spacial score (nSPS) is 10.8. The third-order valence-electron chi connectivity index (χ3n) is 2.66. The molecule has 20 heavy (non-hydrogen) atoms. The van der Waals surface area contributed by atoms with E-state index in [-0.39, 0.29) is 18.6 Å². The molecule has 2 rings (SSSR count). The van der Waals surface area contributed by atoms with E-state index in [1.165, 1.54) is 0 Å². The third-order valence-corrected chi connectivity index (χ3v) is 2.66. The second-order valence-corrected chi connectivity index (χ2v) is 4.81. The largest absolute Gasteiger partial charge is 0.369 e. The Morgan fingerprint density at radius 2 is 2.25 bits per heavy atom. The summed E-state index contributed by atoms with van der Waals surface area (Å²) in [5.74, 6) is -0.144. The van der Waals surface area contributed by atoms with Crippen molar-refractivity contribution in [2.24, 2.45) is 0 Å². The van der Waals surface area contributed by atoms with E-state index in [1.807, 2.05) is 55.1 Å². The second-order valence-electron chi connectivity index (χ2n) is 4.81. The number of amides is 1. The first kappa shape index (κ1) is 14.3. The topological polar surface area (TPSA) is 56.1 Å². The number of hydrogen-bond donors (Lipinski definition) is 1. The zero-order valence-electron chi connectivity index (χ0n) is 11.7. The van der Waals surface area contributed by atoms with Crippen molar-refractivity contribution in [3.8, 4) is 0 Å². The highest BCUT2D eigenvalue weighted by molar-refractivity contribution is 5.91. The number of nitrogens with one attached hydrogen (secondary N) is 1. The zero-order chi connectivity index (χ0) is 14.4. The van der Waals surface area contributed by atoms with Crippen molar-refractivity contribution < 1.29 is 9.53 Å². The molecule has 0 spiro atoms. The Kier molecular flexibility index (Phi) is 4.90. The molecule has 0 aliphatic carbocycles.